The van der Waals surface area contributed by atoms with Crippen LogP contribution in [-0.2, 0) is 0 Å². The lowest BCUT2D eigenvalue weighted by Crippen LogP contribution is -1.99. The van der Waals surface area contributed by atoms with E-state index in [0.29, 0.717) is 21.4 Å². The summed E-state index contributed by atoms with van der Waals surface area (Å²) < 4.78 is 0. The van der Waals surface area contributed by atoms with Crippen molar-refractivity contribution in [2.75, 3.05) is 11.5 Å². The maximum Gasteiger partial charge on any atom is 0.0634 e. The van der Waals surface area contributed by atoms with Gasteiger partial charge in [0.1, 0.15) is 0 Å². The van der Waals surface area contributed by atoms with E-state index in [0.717, 1.165) is 32.7 Å². The van der Waals surface area contributed by atoms with Crippen LogP contribution >= 0.6 is 23.2 Å². The molecule has 24 heavy (non-hydrogen) atoms. The lowest BCUT2D eigenvalue weighted by atomic mass is 9.95. The van der Waals surface area contributed by atoms with Crippen LogP contribution in [0, 0.1) is 0 Å². The Morgan fingerprint density at radius 3 is 2.04 bits per heavy atom. The minimum absolute atomic E-state index is 0.530. The van der Waals surface area contributed by atoms with Crippen LogP contribution in [-0.4, -0.2) is 0 Å². The van der Waals surface area contributed by atoms with Gasteiger partial charge >= 0.3 is 0 Å². The lowest BCUT2D eigenvalue weighted by molar-refractivity contribution is 1.63. The van der Waals surface area contributed by atoms with E-state index >= 15 is 0 Å². The van der Waals surface area contributed by atoms with Crippen molar-refractivity contribution in [2.45, 2.75) is 0 Å². The van der Waals surface area contributed by atoms with Gasteiger partial charge in [0.15, 0.2) is 0 Å². The highest BCUT2D eigenvalue weighted by atomic mass is 35.5. The monoisotopic (exact) mass is 352 g/mol. The van der Waals surface area contributed by atoms with E-state index < -0.39 is 0 Å². The molecule has 4 aromatic rings. The van der Waals surface area contributed by atoms with Gasteiger partial charge in [-0.1, -0.05) is 53.5 Å². The molecule has 4 N–H and O–H groups in total. The van der Waals surface area contributed by atoms with Gasteiger partial charge in [-0.3, -0.25) is 0 Å². The highest BCUT2D eigenvalue weighted by Gasteiger charge is 2.13. The average Bonchev–Trinajstić information content (AvgIpc) is 2.57. The molecule has 0 aliphatic heterocycles. The molecule has 0 heterocycles. The number of benzene rings is 4. The molecule has 2 nitrogen and oxygen atoms in total. The Balaban J connectivity index is 2.06. The third-order valence-corrected chi connectivity index (χ3v) is 4.86. The van der Waals surface area contributed by atoms with Crippen LogP contribution in [0.15, 0.2) is 60.7 Å². The molecular formula is C20H14Cl2N2. The summed E-state index contributed by atoms with van der Waals surface area (Å²) in [7, 11) is 0. The fraction of sp³-hybridized carbons (Fsp3) is 0. The normalized spacial score (nSPS) is 11.2. The predicted octanol–water partition coefficient (Wildman–Crippen LogP) is 6.13. The van der Waals surface area contributed by atoms with Gasteiger partial charge in [-0.25, -0.2) is 0 Å². The molecule has 4 heteroatoms. The summed E-state index contributed by atoms with van der Waals surface area (Å²) in [6.45, 7) is 0. The number of nitrogens with two attached hydrogens (primary N) is 2. The molecule has 0 saturated carbocycles. The molecule has 0 aromatic heterocycles. The highest BCUT2D eigenvalue weighted by Crippen LogP contribution is 2.41. The summed E-state index contributed by atoms with van der Waals surface area (Å²) in [5.74, 6) is 0. The van der Waals surface area contributed by atoms with E-state index in [-0.39, 0.29) is 0 Å². The van der Waals surface area contributed by atoms with Crippen LogP contribution in [0.5, 0.6) is 0 Å². The second-order valence-corrected chi connectivity index (χ2v) is 6.64. The number of anilines is 2. The van der Waals surface area contributed by atoms with Crippen LogP contribution in [0.1, 0.15) is 0 Å². The van der Waals surface area contributed by atoms with Crippen molar-refractivity contribution in [2.24, 2.45) is 0 Å². The van der Waals surface area contributed by atoms with Crippen molar-refractivity contribution in [3.05, 3.63) is 70.7 Å². The molecule has 0 spiro atoms. The minimum atomic E-state index is 0.530. The zero-order valence-electron chi connectivity index (χ0n) is 12.7. The van der Waals surface area contributed by atoms with Gasteiger partial charge < -0.3 is 11.5 Å². The lowest BCUT2D eigenvalue weighted by Gasteiger charge is -2.14. The van der Waals surface area contributed by atoms with E-state index in [4.69, 9.17) is 34.7 Å². The van der Waals surface area contributed by atoms with Crippen molar-refractivity contribution in [1.29, 1.82) is 0 Å². The smallest absolute Gasteiger partial charge is 0.0634 e. The van der Waals surface area contributed by atoms with Crippen molar-refractivity contribution in [3.63, 3.8) is 0 Å². The average molecular weight is 353 g/mol. The summed E-state index contributed by atoms with van der Waals surface area (Å²) in [5, 5.41) is 5.40. The number of hydrogen-bond donors (Lipinski definition) is 2. The molecule has 0 atom stereocenters. The van der Waals surface area contributed by atoms with E-state index in [1.165, 1.54) is 0 Å². The Hall–Kier alpha value is -2.42. The molecule has 0 unspecified atom stereocenters. The number of fused-ring (bicyclic) bond motifs is 2. The Morgan fingerprint density at radius 2 is 1.33 bits per heavy atom. The molecule has 0 aliphatic carbocycles. The summed E-state index contributed by atoms with van der Waals surface area (Å²) in [6.07, 6.45) is 0. The first kappa shape index (κ1) is 15.1. The summed E-state index contributed by atoms with van der Waals surface area (Å²) in [4.78, 5) is 0. The van der Waals surface area contributed by atoms with Crippen molar-refractivity contribution in [1.82, 2.24) is 0 Å². The first-order valence-corrected chi connectivity index (χ1v) is 8.26. The van der Waals surface area contributed by atoms with Gasteiger partial charge in [-0.2, -0.15) is 0 Å². The molecule has 0 radical (unpaired) electrons. The van der Waals surface area contributed by atoms with Crippen molar-refractivity contribution < 1.29 is 0 Å². The van der Waals surface area contributed by atoms with Gasteiger partial charge in [-0.15, -0.1) is 0 Å². The molecule has 0 bridgehead atoms. The molecule has 4 aromatic carbocycles. The number of rotatable bonds is 1. The van der Waals surface area contributed by atoms with Crippen LogP contribution in [0.25, 0.3) is 32.7 Å². The van der Waals surface area contributed by atoms with Crippen molar-refractivity contribution >= 4 is 56.1 Å². The molecule has 0 amide bonds. The fourth-order valence-corrected chi connectivity index (χ4v) is 3.58. The van der Waals surface area contributed by atoms with Gasteiger partial charge in [0.2, 0.25) is 0 Å². The molecule has 118 valence electrons. The highest BCUT2D eigenvalue weighted by molar-refractivity contribution is 6.36. The Kier molecular flexibility index (Phi) is 3.52. The third-order valence-electron chi connectivity index (χ3n) is 4.31. The zero-order valence-corrected chi connectivity index (χ0v) is 14.2. The maximum atomic E-state index is 6.35. The van der Waals surface area contributed by atoms with E-state index in [9.17, 15) is 0 Å². The van der Waals surface area contributed by atoms with Gasteiger partial charge in [0.25, 0.3) is 0 Å². The fourth-order valence-electron chi connectivity index (χ4n) is 3.06. The standard InChI is InChI=1S/C20H14Cl2N2/c21-14-5-6-15(18(22)10-14)17-9-13-7-11-3-1-2-4-12(11)8-16(13)19(23)20(17)24/h1-10H,23-24H2. The van der Waals surface area contributed by atoms with Crippen LogP contribution in [0.2, 0.25) is 10.0 Å². The number of halogens is 2. The SMILES string of the molecule is Nc1c(-c2ccc(Cl)cc2Cl)cc2cc3ccccc3cc2c1N. The van der Waals surface area contributed by atoms with Crippen LogP contribution < -0.4 is 11.5 Å². The number of hydrogen-bond acceptors (Lipinski definition) is 2. The molecule has 0 fully saturated rings. The van der Waals surface area contributed by atoms with Crippen LogP contribution in [0.3, 0.4) is 0 Å². The quantitative estimate of drug-likeness (QED) is 0.319. The topological polar surface area (TPSA) is 52.0 Å². The molecule has 4 rings (SSSR count). The van der Waals surface area contributed by atoms with Gasteiger partial charge in [0, 0.05) is 26.6 Å². The molecule has 0 saturated heterocycles. The summed E-state index contributed by atoms with van der Waals surface area (Å²) in [5.41, 5.74) is 15.4. The van der Waals surface area contributed by atoms with E-state index in [1.54, 1.807) is 12.1 Å². The van der Waals surface area contributed by atoms with Gasteiger partial charge in [-0.05, 0) is 46.5 Å². The van der Waals surface area contributed by atoms with Crippen LogP contribution in [0.4, 0.5) is 11.4 Å². The van der Waals surface area contributed by atoms with E-state index in [1.807, 2.05) is 24.3 Å². The first-order chi connectivity index (χ1) is 11.5. The van der Waals surface area contributed by atoms with E-state index in [2.05, 4.69) is 24.3 Å². The summed E-state index contributed by atoms with van der Waals surface area (Å²) in [6, 6.07) is 19.8. The zero-order chi connectivity index (χ0) is 16.8. The maximum absolute atomic E-state index is 6.35. The first-order valence-electron chi connectivity index (χ1n) is 7.50. The Morgan fingerprint density at radius 1 is 0.625 bits per heavy atom. The Labute approximate surface area is 149 Å². The Bertz CT molecular complexity index is 1100. The third kappa shape index (κ3) is 2.35. The molecule has 0 aliphatic rings. The largest absolute Gasteiger partial charge is 0.397 e. The minimum Gasteiger partial charge on any atom is -0.397 e. The second-order valence-electron chi connectivity index (χ2n) is 5.80. The van der Waals surface area contributed by atoms with Crippen molar-refractivity contribution in [3.8, 4) is 11.1 Å². The molecular weight excluding hydrogens is 339 g/mol. The van der Waals surface area contributed by atoms with Gasteiger partial charge in [0.05, 0.1) is 11.4 Å². The second kappa shape index (κ2) is 5.59. The predicted molar refractivity (Wildman–Crippen MR) is 106 cm³/mol. The number of nitrogen functional groups attached to an aromatic ring is 2. The summed E-state index contributed by atoms with van der Waals surface area (Å²) >= 11 is 12.3.